The zero-order valence-corrected chi connectivity index (χ0v) is 11.5. The Bertz CT molecular complexity index is 556. The number of methoxy groups -OCH3 is 1. The van der Waals surface area contributed by atoms with Gasteiger partial charge in [-0.15, -0.1) is 0 Å². The Morgan fingerprint density at radius 3 is 2.86 bits per heavy atom. The average molecular weight is 299 g/mol. The average Bonchev–Trinajstić information content (AvgIpc) is 3.09. The number of alkyl halides is 2. The van der Waals surface area contributed by atoms with Crippen LogP contribution >= 0.6 is 0 Å². The molecule has 1 aromatic carbocycles. The summed E-state index contributed by atoms with van der Waals surface area (Å²) < 4.78 is 39.4. The zero-order valence-electron chi connectivity index (χ0n) is 11.5. The van der Waals surface area contributed by atoms with Crippen LogP contribution in [0.2, 0.25) is 0 Å². The maximum Gasteiger partial charge on any atom is 0.387 e. The van der Waals surface area contributed by atoms with Gasteiger partial charge >= 0.3 is 6.61 Å². The minimum absolute atomic E-state index is 0.00493. The molecule has 3 rings (SSSR count). The van der Waals surface area contributed by atoms with Crippen LogP contribution in [-0.4, -0.2) is 38.2 Å². The maximum absolute atomic E-state index is 12.3. The lowest BCUT2D eigenvalue weighted by molar-refractivity contribution is -0.0512. The van der Waals surface area contributed by atoms with Gasteiger partial charge in [-0.05, 0) is 18.2 Å². The van der Waals surface area contributed by atoms with Crippen LogP contribution in [-0.2, 0) is 9.57 Å². The zero-order chi connectivity index (χ0) is 14.9. The minimum atomic E-state index is -2.89. The molecule has 0 bridgehead atoms. The largest absolute Gasteiger partial charge is 0.493 e. The Labute approximate surface area is 120 Å². The quantitative estimate of drug-likeness (QED) is 0.857. The number of nitrogens with zero attached hydrogens (tertiary/aromatic N) is 1. The Kier molecular flexibility index (Phi) is 3.67. The first-order valence-electron chi connectivity index (χ1n) is 6.58. The van der Waals surface area contributed by atoms with E-state index in [1.54, 1.807) is 12.1 Å². The molecule has 21 heavy (non-hydrogen) atoms. The van der Waals surface area contributed by atoms with Crippen LogP contribution in [0.5, 0.6) is 11.5 Å². The predicted molar refractivity (Wildman–Crippen MR) is 70.0 cm³/mol. The van der Waals surface area contributed by atoms with Gasteiger partial charge < -0.3 is 19.0 Å². The third-order valence-corrected chi connectivity index (χ3v) is 3.62. The van der Waals surface area contributed by atoms with Gasteiger partial charge in [-0.2, -0.15) is 8.78 Å². The second-order valence-electron chi connectivity index (χ2n) is 5.04. The van der Waals surface area contributed by atoms with Crippen molar-refractivity contribution in [3.63, 3.8) is 0 Å². The van der Waals surface area contributed by atoms with Gasteiger partial charge in [0.05, 0.1) is 26.0 Å². The van der Waals surface area contributed by atoms with Gasteiger partial charge in [0.2, 0.25) is 0 Å². The number of oxime groups is 1. The van der Waals surface area contributed by atoms with Crippen molar-refractivity contribution >= 4 is 5.71 Å². The van der Waals surface area contributed by atoms with E-state index >= 15 is 0 Å². The summed E-state index contributed by atoms with van der Waals surface area (Å²) in [4.78, 5) is 5.51. The summed E-state index contributed by atoms with van der Waals surface area (Å²) in [6.45, 7) is -1.72. The van der Waals surface area contributed by atoms with E-state index in [0.29, 0.717) is 19.6 Å². The predicted octanol–water partition coefficient (Wildman–Crippen LogP) is 2.58. The van der Waals surface area contributed by atoms with Gasteiger partial charge in [-0.25, -0.2) is 0 Å². The number of benzene rings is 1. The molecule has 0 radical (unpaired) electrons. The molecule has 1 saturated heterocycles. The van der Waals surface area contributed by atoms with Crippen molar-refractivity contribution in [2.24, 2.45) is 5.16 Å². The molecule has 1 unspecified atom stereocenters. The third kappa shape index (κ3) is 2.78. The van der Waals surface area contributed by atoms with Crippen LogP contribution in [0.3, 0.4) is 0 Å². The molecule has 1 spiro atoms. The topological polar surface area (TPSA) is 49.3 Å². The molecule has 0 aromatic heterocycles. The van der Waals surface area contributed by atoms with E-state index < -0.39 is 6.61 Å². The molecule has 1 aromatic rings. The van der Waals surface area contributed by atoms with Crippen molar-refractivity contribution in [2.45, 2.75) is 25.1 Å². The van der Waals surface area contributed by atoms with Gasteiger partial charge in [-0.1, -0.05) is 5.16 Å². The molecule has 1 atom stereocenters. The molecule has 0 saturated carbocycles. The first kappa shape index (κ1) is 14.1. The Hall–Kier alpha value is -1.89. The lowest BCUT2D eigenvalue weighted by Crippen LogP contribution is -2.29. The van der Waals surface area contributed by atoms with Crippen molar-refractivity contribution < 1.29 is 27.8 Å². The van der Waals surface area contributed by atoms with Gasteiger partial charge in [0.15, 0.2) is 17.1 Å². The highest BCUT2D eigenvalue weighted by Gasteiger charge is 2.43. The molecular formula is C14H15F2NO4. The fourth-order valence-corrected chi connectivity index (χ4v) is 2.52. The number of halogens is 2. The first-order chi connectivity index (χ1) is 10.1. The van der Waals surface area contributed by atoms with E-state index in [1.165, 1.54) is 13.2 Å². The second kappa shape index (κ2) is 5.48. The number of hydrogen-bond donors (Lipinski definition) is 0. The summed E-state index contributed by atoms with van der Waals surface area (Å²) in [6.07, 6.45) is 1.43. The summed E-state index contributed by atoms with van der Waals surface area (Å²) in [5.74, 6) is 0.230. The fraction of sp³-hybridized carbons (Fsp3) is 0.500. The second-order valence-corrected chi connectivity index (χ2v) is 5.04. The molecule has 114 valence electrons. The van der Waals surface area contributed by atoms with E-state index in [9.17, 15) is 8.78 Å². The third-order valence-electron chi connectivity index (χ3n) is 3.62. The summed E-state index contributed by atoms with van der Waals surface area (Å²) in [7, 11) is 1.40. The van der Waals surface area contributed by atoms with E-state index in [0.717, 1.165) is 17.7 Å². The molecule has 0 aliphatic carbocycles. The normalized spacial score (nSPS) is 24.3. The molecule has 2 aliphatic rings. The van der Waals surface area contributed by atoms with Crippen LogP contribution < -0.4 is 9.47 Å². The molecule has 2 heterocycles. The number of ether oxygens (including phenoxy) is 3. The van der Waals surface area contributed by atoms with Gasteiger partial charge in [-0.3, -0.25) is 0 Å². The van der Waals surface area contributed by atoms with E-state index in [4.69, 9.17) is 14.3 Å². The molecule has 5 nitrogen and oxygen atoms in total. The van der Waals surface area contributed by atoms with Crippen molar-refractivity contribution in [1.82, 2.24) is 0 Å². The summed E-state index contributed by atoms with van der Waals surface area (Å²) in [6, 6.07) is 4.73. The SMILES string of the molecule is COc1cc(C2=NOC3(CCOC3)C2)ccc1OC(F)F. The van der Waals surface area contributed by atoms with E-state index in [1.807, 2.05) is 0 Å². The highest BCUT2D eigenvalue weighted by atomic mass is 19.3. The Morgan fingerprint density at radius 1 is 1.33 bits per heavy atom. The van der Waals surface area contributed by atoms with Crippen LogP contribution in [0.15, 0.2) is 23.4 Å². The lowest BCUT2D eigenvalue weighted by atomic mass is 9.93. The smallest absolute Gasteiger partial charge is 0.387 e. The summed E-state index contributed by atoms with van der Waals surface area (Å²) in [5.41, 5.74) is 1.14. The van der Waals surface area contributed by atoms with Crippen molar-refractivity contribution in [3.05, 3.63) is 23.8 Å². The molecule has 0 amide bonds. The highest BCUT2D eigenvalue weighted by molar-refractivity contribution is 6.02. The first-order valence-corrected chi connectivity index (χ1v) is 6.58. The minimum Gasteiger partial charge on any atom is -0.493 e. The van der Waals surface area contributed by atoms with Crippen molar-refractivity contribution in [2.75, 3.05) is 20.3 Å². The molecule has 7 heteroatoms. The Balaban J connectivity index is 1.80. The maximum atomic E-state index is 12.3. The van der Waals surface area contributed by atoms with E-state index in [-0.39, 0.29) is 17.1 Å². The molecular weight excluding hydrogens is 284 g/mol. The number of rotatable bonds is 4. The van der Waals surface area contributed by atoms with E-state index in [2.05, 4.69) is 9.89 Å². The lowest BCUT2D eigenvalue weighted by Gasteiger charge is -2.17. The van der Waals surface area contributed by atoms with Crippen LogP contribution in [0.1, 0.15) is 18.4 Å². The molecule has 2 aliphatic heterocycles. The Morgan fingerprint density at radius 2 is 2.19 bits per heavy atom. The van der Waals surface area contributed by atoms with Gasteiger partial charge in [0.25, 0.3) is 0 Å². The van der Waals surface area contributed by atoms with Crippen LogP contribution in [0.25, 0.3) is 0 Å². The molecule has 0 N–H and O–H groups in total. The van der Waals surface area contributed by atoms with Crippen molar-refractivity contribution in [1.29, 1.82) is 0 Å². The summed E-state index contributed by atoms with van der Waals surface area (Å²) in [5, 5.41) is 4.10. The van der Waals surface area contributed by atoms with Gasteiger partial charge in [0, 0.05) is 18.4 Å². The molecule has 1 fully saturated rings. The monoisotopic (exact) mass is 299 g/mol. The standard InChI is InChI=1S/C14H15F2NO4/c1-18-12-6-9(2-3-11(12)20-13(15)16)10-7-14(21-17-10)4-5-19-8-14/h2-3,6,13H,4-5,7-8H2,1H3. The van der Waals surface area contributed by atoms with Crippen LogP contribution in [0.4, 0.5) is 8.78 Å². The van der Waals surface area contributed by atoms with Crippen molar-refractivity contribution in [3.8, 4) is 11.5 Å². The van der Waals surface area contributed by atoms with Crippen LogP contribution in [0, 0.1) is 0 Å². The number of hydrogen-bond acceptors (Lipinski definition) is 5. The van der Waals surface area contributed by atoms with Gasteiger partial charge in [0.1, 0.15) is 0 Å². The highest BCUT2D eigenvalue weighted by Crippen LogP contribution is 2.36. The fourth-order valence-electron chi connectivity index (χ4n) is 2.52. The summed E-state index contributed by atoms with van der Waals surface area (Å²) >= 11 is 0.